The Kier molecular flexibility index (Phi) is 5.21. The van der Waals surface area contributed by atoms with Crippen LogP contribution in [0.15, 0.2) is 18.2 Å². The van der Waals surface area contributed by atoms with Gasteiger partial charge in [-0.1, -0.05) is 45.4 Å². The van der Waals surface area contributed by atoms with Gasteiger partial charge in [0.25, 0.3) is 0 Å². The standard InChI is InChI=1S/C18H29ClN2/c1-6-20-13(2)16-8-7-15(11-17(16)19)21-10-9-14(12-21)18(3,4)5/h7-8,11,13-14,20H,6,9-10,12H2,1-5H3. The maximum atomic E-state index is 6.50. The summed E-state index contributed by atoms with van der Waals surface area (Å²) in [6, 6.07) is 6.84. The van der Waals surface area contributed by atoms with Crippen molar-refractivity contribution in [3.05, 3.63) is 28.8 Å². The summed E-state index contributed by atoms with van der Waals surface area (Å²) in [6.45, 7) is 14.5. The molecule has 2 atom stereocenters. The van der Waals surface area contributed by atoms with Crippen LogP contribution in [0.3, 0.4) is 0 Å². The van der Waals surface area contributed by atoms with E-state index >= 15 is 0 Å². The smallest absolute Gasteiger partial charge is 0.0474 e. The molecule has 1 aliphatic heterocycles. The number of rotatable bonds is 4. The summed E-state index contributed by atoms with van der Waals surface area (Å²) >= 11 is 6.50. The van der Waals surface area contributed by atoms with Gasteiger partial charge < -0.3 is 10.2 Å². The maximum absolute atomic E-state index is 6.50. The minimum atomic E-state index is 0.303. The molecule has 1 aliphatic rings. The minimum Gasteiger partial charge on any atom is -0.371 e. The van der Waals surface area contributed by atoms with Gasteiger partial charge in [-0.15, -0.1) is 0 Å². The number of hydrogen-bond acceptors (Lipinski definition) is 2. The molecule has 0 aromatic heterocycles. The lowest BCUT2D eigenvalue weighted by Gasteiger charge is -2.27. The Labute approximate surface area is 134 Å². The molecule has 0 aliphatic carbocycles. The van der Waals surface area contributed by atoms with E-state index in [9.17, 15) is 0 Å². The highest BCUT2D eigenvalue weighted by atomic mass is 35.5. The van der Waals surface area contributed by atoms with E-state index in [1.165, 1.54) is 17.7 Å². The number of hydrogen-bond donors (Lipinski definition) is 1. The van der Waals surface area contributed by atoms with Crippen LogP contribution in [0.4, 0.5) is 5.69 Å². The zero-order valence-electron chi connectivity index (χ0n) is 14.0. The van der Waals surface area contributed by atoms with Crippen LogP contribution in [0, 0.1) is 11.3 Å². The molecule has 2 rings (SSSR count). The molecule has 2 unspecified atom stereocenters. The number of nitrogens with zero attached hydrogens (tertiary/aromatic N) is 1. The monoisotopic (exact) mass is 308 g/mol. The van der Waals surface area contributed by atoms with E-state index in [1.807, 2.05) is 0 Å². The van der Waals surface area contributed by atoms with Crippen LogP contribution in [-0.4, -0.2) is 19.6 Å². The van der Waals surface area contributed by atoms with Crippen molar-refractivity contribution in [2.24, 2.45) is 11.3 Å². The van der Waals surface area contributed by atoms with Gasteiger partial charge in [-0.2, -0.15) is 0 Å². The number of nitrogens with one attached hydrogen (secondary N) is 1. The summed E-state index contributed by atoms with van der Waals surface area (Å²) in [5, 5.41) is 4.30. The first-order chi connectivity index (χ1) is 9.82. The van der Waals surface area contributed by atoms with E-state index in [0.717, 1.165) is 30.6 Å². The van der Waals surface area contributed by atoms with Crippen LogP contribution in [-0.2, 0) is 0 Å². The fourth-order valence-electron chi connectivity index (χ4n) is 3.18. The van der Waals surface area contributed by atoms with Crippen LogP contribution in [0.5, 0.6) is 0 Å². The first-order valence-electron chi connectivity index (χ1n) is 8.10. The Morgan fingerprint density at radius 1 is 1.38 bits per heavy atom. The lowest BCUT2D eigenvalue weighted by Crippen LogP contribution is -2.26. The first kappa shape index (κ1) is 16.6. The van der Waals surface area contributed by atoms with Gasteiger partial charge in [0.05, 0.1) is 0 Å². The van der Waals surface area contributed by atoms with Gasteiger partial charge in [0.1, 0.15) is 0 Å². The minimum absolute atomic E-state index is 0.303. The zero-order chi connectivity index (χ0) is 15.6. The fraction of sp³-hybridized carbons (Fsp3) is 0.667. The highest BCUT2D eigenvalue weighted by Gasteiger charge is 2.31. The molecule has 0 saturated carbocycles. The Balaban J connectivity index is 2.11. The highest BCUT2D eigenvalue weighted by Crippen LogP contribution is 2.37. The van der Waals surface area contributed by atoms with Crippen molar-refractivity contribution in [1.29, 1.82) is 0 Å². The quantitative estimate of drug-likeness (QED) is 0.852. The summed E-state index contributed by atoms with van der Waals surface area (Å²) in [5.74, 6) is 0.761. The van der Waals surface area contributed by atoms with E-state index in [0.29, 0.717) is 11.5 Å². The number of halogens is 1. The van der Waals surface area contributed by atoms with Gasteiger partial charge in [0.15, 0.2) is 0 Å². The summed E-state index contributed by atoms with van der Waals surface area (Å²) in [4.78, 5) is 2.48. The van der Waals surface area contributed by atoms with Crippen LogP contribution < -0.4 is 10.2 Å². The second-order valence-corrected chi connectivity index (χ2v) is 7.69. The van der Waals surface area contributed by atoms with Gasteiger partial charge in [-0.25, -0.2) is 0 Å². The van der Waals surface area contributed by atoms with Crippen molar-refractivity contribution < 1.29 is 0 Å². The molecule has 1 saturated heterocycles. The van der Waals surface area contributed by atoms with Gasteiger partial charge in [0.2, 0.25) is 0 Å². The molecular formula is C18H29ClN2. The van der Waals surface area contributed by atoms with Crippen LogP contribution in [0.2, 0.25) is 5.02 Å². The lowest BCUT2D eigenvalue weighted by atomic mass is 9.80. The summed E-state index contributed by atoms with van der Waals surface area (Å²) < 4.78 is 0. The highest BCUT2D eigenvalue weighted by molar-refractivity contribution is 6.31. The first-order valence-corrected chi connectivity index (χ1v) is 8.48. The summed E-state index contributed by atoms with van der Waals surface area (Å²) in [7, 11) is 0. The molecule has 1 heterocycles. The Morgan fingerprint density at radius 2 is 2.10 bits per heavy atom. The van der Waals surface area contributed by atoms with Crippen molar-refractivity contribution in [2.45, 2.75) is 47.1 Å². The van der Waals surface area contributed by atoms with Gasteiger partial charge in [-0.05, 0) is 48.9 Å². The molecule has 0 radical (unpaired) electrons. The van der Waals surface area contributed by atoms with E-state index in [2.05, 4.69) is 63.0 Å². The van der Waals surface area contributed by atoms with E-state index < -0.39 is 0 Å². The summed E-state index contributed by atoms with van der Waals surface area (Å²) in [6.07, 6.45) is 1.27. The normalized spacial score (nSPS) is 20.9. The van der Waals surface area contributed by atoms with Crippen molar-refractivity contribution in [2.75, 3.05) is 24.5 Å². The average Bonchev–Trinajstić information content (AvgIpc) is 2.88. The SMILES string of the molecule is CCNC(C)c1ccc(N2CCC(C(C)(C)C)C2)cc1Cl. The Morgan fingerprint density at radius 3 is 2.62 bits per heavy atom. The van der Waals surface area contributed by atoms with Crippen molar-refractivity contribution in [1.82, 2.24) is 5.32 Å². The number of benzene rings is 1. The maximum Gasteiger partial charge on any atom is 0.0474 e. The lowest BCUT2D eigenvalue weighted by molar-refractivity contribution is 0.263. The number of anilines is 1. The molecule has 1 fully saturated rings. The van der Waals surface area contributed by atoms with E-state index in [1.54, 1.807) is 0 Å². The van der Waals surface area contributed by atoms with Crippen molar-refractivity contribution in [3.8, 4) is 0 Å². The third kappa shape index (κ3) is 3.92. The topological polar surface area (TPSA) is 15.3 Å². The van der Waals surface area contributed by atoms with Crippen LogP contribution in [0.25, 0.3) is 0 Å². The van der Waals surface area contributed by atoms with Gasteiger partial charge >= 0.3 is 0 Å². The summed E-state index contributed by atoms with van der Waals surface area (Å²) in [5.41, 5.74) is 2.84. The van der Waals surface area contributed by atoms with Crippen molar-refractivity contribution in [3.63, 3.8) is 0 Å². The van der Waals surface area contributed by atoms with Gasteiger partial charge in [0, 0.05) is 29.8 Å². The van der Waals surface area contributed by atoms with Crippen molar-refractivity contribution >= 4 is 17.3 Å². The molecule has 0 bridgehead atoms. The third-order valence-corrected chi connectivity index (χ3v) is 5.07. The molecule has 118 valence electrons. The molecule has 0 spiro atoms. The molecule has 21 heavy (non-hydrogen) atoms. The largest absolute Gasteiger partial charge is 0.371 e. The Hall–Kier alpha value is -0.730. The predicted molar refractivity (Wildman–Crippen MR) is 93.3 cm³/mol. The van der Waals surface area contributed by atoms with E-state index in [4.69, 9.17) is 11.6 Å². The molecule has 1 aromatic carbocycles. The Bertz CT molecular complexity index is 479. The molecule has 2 nitrogen and oxygen atoms in total. The van der Waals surface area contributed by atoms with E-state index in [-0.39, 0.29) is 0 Å². The average molecular weight is 309 g/mol. The molecule has 3 heteroatoms. The predicted octanol–water partition coefficient (Wildman–Crippen LogP) is 4.88. The molecular weight excluding hydrogens is 280 g/mol. The molecule has 1 N–H and O–H groups in total. The van der Waals surface area contributed by atoms with Crippen LogP contribution in [0.1, 0.15) is 52.6 Å². The molecule has 0 amide bonds. The second kappa shape index (κ2) is 6.58. The zero-order valence-corrected chi connectivity index (χ0v) is 14.8. The fourth-order valence-corrected chi connectivity index (χ4v) is 3.52. The second-order valence-electron chi connectivity index (χ2n) is 7.28. The third-order valence-electron chi connectivity index (χ3n) is 4.74. The van der Waals surface area contributed by atoms with Crippen LogP contribution >= 0.6 is 11.6 Å². The molecule has 1 aromatic rings. The van der Waals surface area contributed by atoms with Gasteiger partial charge in [-0.3, -0.25) is 0 Å².